The number of nitriles is 1. The van der Waals surface area contributed by atoms with E-state index in [2.05, 4.69) is 38.2 Å². The van der Waals surface area contributed by atoms with Gasteiger partial charge in [-0.1, -0.05) is 12.1 Å². The van der Waals surface area contributed by atoms with Gasteiger partial charge < -0.3 is 15.1 Å². The summed E-state index contributed by atoms with van der Waals surface area (Å²) in [6, 6.07) is 18.3. The quantitative estimate of drug-likeness (QED) is 0.804. The molecule has 6 heteroatoms. The van der Waals surface area contributed by atoms with E-state index in [1.54, 1.807) is 0 Å². The van der Waals surface area contributed by atoms with Crippen LogP contribution in [0.2, 0.25) is 0 Å². The van der Waals surface area contributed by atoms with Gasteiger partial charge in [0.2, 0.25) is 5.91 Å². The number of piperidine rings is 1. The summed E-state index contributed by atoms with van der Waals surface area (Å²) in [6.07, 6.45) is 4.81. The van der Waals surface area contributed by atoms with Crippen LogP contribution < -0.4 is 15.1 Å². The number of rotatable bonds is 5. The molecule has 0 radical (unpaired) electrons. The highest BCUT2D eigenvalue weighted by Crippen LogP contribution is 2.23. The number of carbonyl (C=O) groups is 1. The number of hydrogen-bond acceptors (Lipinski definition) is 5. The van der Waals surface area contributed by atoms with Crippen LogP contribution in [0.4, 0.5) is 17.1 Å². The van der Waals surface area contributed by atoms with E-state index in [9.17, 15) is 10.1 Å². The molecule has 4 rings (SSSR count). The van der Waals surface area contributed by atoms with E-state index >= 15 is 0 Å². The first kappa shape index (κ1) is 21.2. The van der Waals surface area contributed by atoms with Crippen molar-refractivity contribution in [2.45, 2.75) is 25.7 Å². The Bertz CT molecular complexity index is 914. The number of hydrogen-bond donors (Lipinski definition) is 1. The third-order valence-corrected chi connectivity index (χ3v) is 6.19. The number of nitrogens with zero attached hydrogens (tertiary/aromatic N) is 4. The number of anilines is 3. The SMILES string of the molecule is N#Cc1ccccc1N1CCCN(CC(=O)Nc2ccc(N3CCCCC3)cc2)CC1. The van der Waals surface area contributed by atoms with Crippen LogP contribution in [0.1, 0.15) is 31.2 Å². The van der Waals surface area contributed by atoms with Crippen LogP contribution in [-0.2, 0) is 4.79 Å². The molecule has 1 N–H and O–H groups in total. The Morgan fingerprint density at radius 1 is 0.839 bits per heavy atom. The highest BCUT2D eigenvalue weighted by molar-refractivity contribution is 5.92. The smallest absolute Gasteiger partial charge is 0.238 e. The topological polar surface area (TPSA) is 62.6 Å². The van der Waals surface area contributed by atoms with Crippen molar-refractivity contribution in [2.75, 3.05) is 60.9 Å². The zero-order valence-electron chi connectivity index (χ0n) is 18.1. The zero-order valence-corrected chi connectivity index (χ0v) is 18.1. The molecule has 0 aromatic heterocycles. The molecule has 1 amide bonds. The Morgan fingerprint density at radius 3 is 2.35 bits per heavy atom. The van der Waals surface area contributed by atoms with Gasteiger partial charge in [0.25, 0.3) is 0 Å². The van der Waals surface area contributed by atoms with Gasteiger partial charge in [0, 0.05) is 50.6 Å². The molecule has 2 fully saturated rings. The van der Waals surface area contributed by atoms with Gasteiger partial charge >= 0.3 is 0 Å². The van der Waals surface area contributed by atoms with Crippen molar-refractivity contribution >= 4 is 23.0 Å². The molecule has 2 aliphatic heterocycles. The van der Waals surface area contributed by atoms with Gasteiger partial charge in [0.05, 0.1) is 17.8 Å². The molecule has 2 saturated heterocycles. The first-order valence-corrected chi connectivity index (χ1v) is 11.3. The summed E-state index contributed by atoms with van der Waals surface area (Å²) in [5.74, 6) is 0.0246. The number of benzene rings is 2. The summed E-state index contributed by atoms with van der Waals surface area (Å²) in [4.78, 5) is 19.5. The second-order valence-corrected chi connectivity index (χ2v) is 8.39. The lowest BCUT2D eigenvalue weighted by molar-refractivity contribution is -0.117. The Kier molecular flexibility index (Phi) is 7.06. The molecule has 2 aromatic rings. The van der Waals surface area contributed by atoms with E-state index in [4.69, 9.17) is 0 Å². The number of amides is 1. The predicted octanol–water partition coefficient (Wildman–Crippen LogP) is 3.70. The van der Waals surface area contributed by atoms with Gasteiger partial charge in [-0.3, -0.25) is 9.69 Å². The highest BCUT2D eigenvalue weighted by Gasteiger charge is 2.19. The van der Waals surface area contributed by atoms with Crippen LogP contribution in [-0.4, -0.2) is 56.6 Å². The third kappa shape index (κ3) is 5.56. The van der Waals surface area contributed by atoms with Crippen molar-refractivity contribution < 1.29 is 4.79 Å². The molecule has 2 aliphatic rings. The van der Waals surface area contributed by atoms with Crippen LogP contribution >= 0.6 is 0 Å². The minimum Gasteiger partial charge on any atom is -0.372 e. The second-order valence-electron chi connectivity index (χ2n) is 8.39. The van der Waals surface area contributed by atoms with Crippen LogP contribution in [0.3, 0.4) is 0 Å². The molecule has 0 bridgehead atoms. The van der Waals surface area contributed by atoms with Crippen LogP contribution in [0, 0.1) is 11.3 Å². The van der Waals surface area contributed by atoms with Crippen molar-refractivity contribution in [1.82, 2.24) is 4.90 Å². The van der Waals surface area contributed by atoms with Gasteiger partial charge in [-0.05, 0) is 62.1 Å². The van der Waals surface area contributed by atoms with Crippen molar-refractivity contribution in [3.8, 4) is 6.07 Å². The average Bonchev–Trinajstić information content (AvgIpc) is 3.05. The van der Waals surface area contributed by atoms with Crippen LogP contribution in [0.5, 0.6) is 0 Å². The van der Waals surface area contributed by atoms with E-state index < -0.39 is 0 Å². The Hall–Kier alpha value is -3.04. The maximum atomic E-state index is 12.6. The monoisotopic (exact) mass is 417 g/mol. The summed E-state index contributed by atoms with van der Waals surface area (Å²) >= 11 is 0. The lowest BCUT2D eigenvalue weighted by Gasteiger charge is -2.28. The van der Waals surface area contributed by atoms with Gasteiger partial charge in [0.15, 0.2) is 0 Å². The molecule has 162 valence electrons. The number of nitrogens with one attached hydrogen (secondary N) is 1. The van der Waals surface area contributed by atoms with E-state index in [1.165, 1.54) is 24.9 Å². The Balaban J connectivity index is 1.28. The number of para-hydroxylation sites is 1. The molecular weight excluding hydrogens is 386 g/mol. The molecule has 31 heavy (non-hydrogen) atoms. The Labute approximate surface area is 185 Å². The molecule has 0 unspecified atom stereocenters. The lowest BCUT2D eigenvalue weighted by Crippen LogP contribution is -2.36. The molecule has 0 aliphatic carbocycles. The van der Waals surface area contributed by atoms with Crippen LogP contribution in [0.15, 0.2) is 48.5 Å². The third-order valence-electron chi connectivity index (χ3n) is 6.19. The maximum absolute atomic E-state index is 12.6. The summed E-state index contributed by atoms with van der Waals surface area (Å²) in [7, 11) is 0. The highest BCUT2D eigenvalue weighted by atomic mass is 16.2. The van der Waals surface area contributed by atoms with E-state index in [0.29, 0.717) is 12.1 Å². The minimum absolute atomic E-state index is 0.0246. The fourth-order valence-corrected chi connectivity index (χ4v) is 4.53. The zero-order chi connectivity index (χ0) is 21.5. The minimum atomic E-state index is 0.0246. The van der Waals surface area contributed by atoms with E-state index in [1.807, 2.05) is 36.4 Å². The normalized spacial score (nSPS) is 17.6. The van der Waals surface area contributed by atoms with Gasteiger partial charge in [0.1, 0.15) is 6.07 Å². The molecule has 0 spiro atoms. The summed E-state index contributed by atoms with van der Waals surface area (Å²) in [6.45, 7) is 6.04. The summed E-state index contributed by atoms with van der Waals surface area (Å²) < 4.78 is 0. The summed E-state index contributed by atoms with van der Waals surface area (Å²) in [5, 5.41) is 12.4. The van der Waals surface area contributed by atoms with E-state index in [-0.39, 0.29) is 5.91 Å². The Morgan fingerprint density at radius 2 is 1.58 bits per heavy atom. The number of carbonyl (C=O) groups excluding carboxylic acids is 1. The molecule has 2 heterocycles. The lowest BCUT2D eigenvalue weighted by atomic mass is 10.1. The van der Waals surface area contributed by atoms with Crippen molar-refractivity contribution in [3.63, 3.8) is 0 Å². The standard InChI is InChI=1S/C25H31N5O/c26-19-21-7-2-3-8-24(21)30-16-6-13-28(17-18-30)20-25(31)27-22-9-11-23(12-10-22)29-14-4-1-5-15-29/h2-3,7-12H,1,4-6,13-18,20H2,(H,27,31). The van der Waals surface area contributed by atoms with Crippen molar-refractivity contribution in [3.05, 3.63) is 54.1 Å². The largest absolute Gasteiger partial charge is 0.372 e. The second kappa shape index (κ2) is 10.3. The summed E-state index contributed by atoms with van der Waals surface area (Å²) in [5.41, 5.74) is 3.79. The van der Waals surface area contributed by atoms with Crippen LogP contribution in [0.25, 0.3) is 0 Å². The van der Waals surface area contributed by atoms with Gasteiger partial charge in [-0.15, -0.1) is 0 Å². The molecular formula is C25H31N5O. The molecule has 2 aromatic carbocycles. The van der Waals surface area contributed by atoms with Crippen molar-refractivity contribution in [1.29, 1.82) is 5.26 Å². The first-order chi connectivity index (χ1) is 15.2. The molecule has 0 saturated carbocycles. The molecule has 6 nitrogen and oxygen atoms in total. The average molecular weight is 418 g/mol. The van der Waals surface area contributed by atoms with Gasteiger partial charge in [-0.25, -0.2) is 0 Å². The molecule has 0 atom stereocenters. The van der Waals surface area contributed by atoms with Crippen molar-refractivity contribution in [2.24, 2.45) is 0 Å². The maximum Gasteiger partial charge on any atom is 0.238 e. The van der Waals surface area contributed by atoms with Gasteiger partial charge in [-0.2, -0.15) is 5.26 Å². The fraction of sp³-hybridized carbons (Fsp3) is 0.440. The van der Waals surface area contributed by atoms with E-state index in [0.717, 1.165) is 57.1 Å². The first-order valence-electron chi connectivity index (χ1n) is 11.3. The fourth-order valence-electron chi connectivity index (χ4n) is 4.53. The predicted molar refractivity (Wildman–Crippen MR) is 126 cm³/mol.